The van der Waals surface area contributed by atoms with Crippen LogP contribution in [0.2, 0.25) is 5.02 Å². The zero-order valence-electron chi connectivity index (χ0n) is 12.6. The first kappa shape index (κ1) is 16.3. The third-order valence-electron chi connectivity index (χ3n) is 4.16. The molecule has 20 heavy (non-hydrogen) atoms. The lowest BCUT2D eigenvalue weighted by atomic mass is 9.78. The molecule has 0 aliphatic heterocycles. The van der Waals surface area contributed by atoms with E-state index in [1.54, 1.807) is 11.3 Å². The van der Waals surface area contributed by atoms with Gasteiger partial charge >= 0.3 is 0 Å². The largest absolute Gasteiger partial charge is 0.373 e. The second-order valence-corrected chi connectivity index (χ2v) is 6.93. The van der Waals surface area contributed by atoms with Gasteiger partial charge in [-0.15, -0.1) is 11.3 Å². The number of hydrogen-bond donors (Lipinski definition) is 1. The van der Waals surface area contributed by atoms with E-state index in [0.717, 1.165) is 37.4 Å². The Labute approximate surface area is 131 Å². The highest BCUT2D eigenvalue weighted by molar-refractivity contribution is 7.10. The first-order valence-corrected chi connectivity index (χ1v) is 9.09. The van der Waals surface area contributed by atoms with Crippen LogP contribution < -0.4 is 5.32 Å². The SMILES string of the molecule is CCCNC(c1sccc1Cl)C1(OCC)CCCCC1. The van der Waals surface area contributed by atoms with Crippen LogP contribution in [0.5, 0.6) is 0 Å². The highest BCUT2D eigenvalue weighted by Crippen LogP contribution is 2.44. The molecule has 0 aromatic carbocycles. The molecule has 2 nitrogen and oxygen atoms in total. The number of ether oxygens (including phenoxy) is 1. The van der Waals surface area contributed by atoms with Crippen molar-refractivity contribution >= 4 is 22.9 Å². The van der Waals surface area contributed by atoms with Crippen LogP contribution >= 0.6 is 22.9 Å². The minimum atomic E-state index is -0.0728. The minimum Gasteiger partial charge on any atom is -0.373 e. The van der Waals surface area contributed by atoms with E-state index >= 15 is 0 Å². The van der Waals surface area contributed by atoms with Gasteiger partial charge in [0.1, 0.15) is 0 Å². The molecule has 0 saturated heterocycles. The molecule has 1 aromatic heterocycles. The molecule has 1 aromatic rings. The summed E-state index contributed by atoms with van der Waals surface area (Å²) >= 11 is 8.16. The van der Waals surface area contributed by atoms with Crippen molar-refractivity contribution in [2.24, 2.45) is 0 Å². The van der Waals surface area contributed by atoms with Gasteiger partial charge in [0.05, 0.1) is 16.7 Å². The molecule has 1 atom stereocenters. The van der Waals surface area contributed by atoms with Crippen LogP contribution in [0.1, 0.15) is 63.3 Å². The average Bonchev–Trinajstić information content (AvgIpc) is 2.87. The molecule has 1 aliphatic carbocycles. The molecule has 0 radical (unpaired) electrons. The monoisotopic (exact) mass is 315 g/mol. The first-order valence-electron chi connectivity index (χ1n) is 7.83. The van der Waals surface area contributed by atoms with Crippen LogP contribution in [0.15, 0.2) is 11.4 Å². The molecular formula is C16H26ClNOS. The molecule has 1 aliphatic rings. The van der Waals surface area contributed by atoms with Gasteiger partial charge in [-0.3, -0.25) is 0 Å². The summed E-state index contributed by atoms with van der Waals surface area (Å²) in [6, 6.07) is 2.24. The minimum absolute atomic E-state index is 0.0728. The summed E-state index contributed by atoms with van der Waals surface area (Å²) < 4.78 is 6.29. The van der Waals surface area contributed by atoms with Crippen LogP contribution in [0, 0.1) is 0 Å². The van der Waals surface area contributed by atoms with E-state index in [2.05, 4.69) is 24.5 Å². The van der Waals surface area contributed by atoms with E-state index in [1.165, 1.54) is 24.1 Å². The molecule has 1 unspecified atom stereocenters. The van der Waals surface area contributed by atoms with Crippen LogP contribution in [0.4, 0.5) is 0 Å². The fourth-order valence-corrected chi connectivity index (χ4v) is 4.62. The maximum absolute atomic E-state index is 6.41. The normalized spacial score (nSPS) is 19.9. The number of rotatable bonds is 7. The maximum Gasteiger partial charge on any atom is 0.0884 e. The van der Waals surface area contributed by atoms with Gasteiger partial charge in [-0.1, -0.05) is 37.8 Å². The molecule has 0 spiro atoms. The third-order valence-corrected chi connectivity index (χ3v) is 5.59. The lowest BCUT2D eigenvalue weighted by molar-refractivity contribution is -0.0904. The third kappa shape index (κ3) is 3.56. The Morgan fingerprint density at radius 1 is 1.35 bits per heavy atom. The van der Waals surface area contributed by atoms with Gasteiger partial charge in [0.25, 0.3) is 0 Å². The first-order chi connectivity index (χ1) is 9.73. The standard InChI is InChI=1S/C16H26ClNOS/c1-3-11-18-15(14-13(17)8-12-20-14)16(19-4-2)9-6-5-7-10-16/h8,12,15,18H,3-7,9-11H2,1-2H3. The molecule has 114 valence electrons. The molecule has 1 N–H and O–H groups in total. The Hall–Kier alpha value is -0.0900. The number of halogens is 1. The fraction of sp³-hybridized carbons (Fsp3) is 0.750. The van der Waals surface area contributed by atoms with Gasteiger partial charge in [0.2, 0.25) is 0 Å². The van der Waals surface area contributed by atoms with Crippen molar-refractivity contribution in [3.05, 3.63) is 21.3 Å². The fourth-order valence-electron chi connectivity index (χ4n) is 3.27. The van der Waals surface area contributed by atoms with Gasteiger partial charge in [-0.25, -0.2) is 0 Å². The Morgan fingerprint density at radius 3 is 2.65 bits per heavy atom. The van der Waals surface area contributed by atoms with Gasteiger partial charge in [-0.05, 0) is 44.2 Å². The van der Waals surface area contributed by atoms with Crippen LogP contribution in [-0.2, 0) is 4.74 Å². The lowest BCUT2D eigenvalue weighted by Gasteiger charge is -2.43. The summed E-state index contributed by atoms with van der Waals surface area (Å²) in [7, 11) is 0. The quantitative estimate of drug-likeness (QED) is 0.748. The van der Waals surface area contributed by atoms with Crippen molar-refractivity contribution in [3.8, 4) is 0 Å². The molecule has 1 fully saturated rings. The van der Waals surface area contributed by atoms with Crippen LogP contribution in [0.3, 0.4) is 0 Å². The van der Waals surface area contributed by atoms with Gasteiger partial charge < -0.3 is 10.1 Å². The second-order valence-electron chi connectivity index (χ2n) is 5.58. The van der Waals surface area contributed by atoms with E-state index in [-0.39, 0.29) is 11.6 Å². The highest BCUT2D eigenvalue weighted by Gasteiger charge is 2.42. The van der Waals surface area contributed by atoms with Crippen LogP contribution in [-0.4, -0.2) is 18.8 Å². The summed E-state index contributed by atoms with van der Waals surface area (Å²) in [5.74, 6) is 0. The number of hydrogen-bond acceptors (Lipinski definition) is 3. The maximum atomic E-state index is 6.41. The van der Waals surface area contributed by atoms with E-state index in [9.17, 15) is 0 Å². The predicted octanol–water partition coefficient (Wildman–Crippen LogP) is 5.18. The molecule has 2 rings (SSSR count). The number of nitrogens with one attached hydrogen (secondary N) is 1. The Kier molecular flexibility index (Phi) is 6.34. The van der Waals surface area contributed by atoms with Gasteiger partial charge in [0.15, 0.2) is 0 Å². The Balaban J connectivity index is 2.29. The summed E-state index contributed by atoms with van der Waals surface area (Å²) in [6.45, 7) is 6.08. The van der Waals surface area contributed by atoms with Crippen molar-refractivity contribution < 1.29 is 4.74 Å². The summed E-state index contributed by atoms with van der Waals surface area (Å²) in [5.41, 5.74) is -0.0728. The smallest absolute Gasteiger partial charge is 0.0884 e. The van der Waals surface area contributed by atoms with E-state index in [1.807, 2.05) is 6.07 Å². The zero-order chi connectivity index (χ0) is 14.4. The second kappa shape index (κ2) is 7.79. The van der Waals surface area contributed by atoms with Gasteiger partial charge in [0, 0.05) is 11.5 Å². The molecule has 0 bridgehead atoms. The Morgan fingerprint density at radius 2 is 2.10 bits per heavy atom. The highest BCUT2D eigenvalue weighted by atomic mass is 35.5. The van der Waals surface area contributed by atoms with Crippen LogP contribution in [0.25, 0.3) is 0 Å². The topological polar surface area (TPSA) is 21.3 Å². The van der Waals surface area contributed by atoms with Gasteiger partial charge in [-0.2, -0.15) is 0 Å². The van der Waals surface area contributed by atoms with E-state index < -0.39 is 0 Å². The predicted molar refractivity (Wildman–Crippen MR) is 87.8 cm³/mol. The van der Waals surface area contributed by atoms with E-state index in [4.69, 9.17) is 16.3 Å². The summed E-state index contributed by atoms with van der Waals surface area (Å²) in [5, 5.41) is 6.68. The Bertz CT molecular complexity index is 395. The summed E-state index contributed by atoms with van der Waals surface area (Å²) in [6.07, 6.45) is 7.24. The van der Waals surface area contributed by atoms with Crippen molar-refractivity contribution in [3.63, 3.8) is 0 Å². The molecule has 1 saturated carbocycles. The molecular weight excluding hydrogens is 290 g/mol. The van der Waals surface area contributed by atoms with Crippen molar-refractivity contribution in [2.75, 3.05) is 13.2 Å². The summed E-state index contributed by atoms with van der Waals surface area (Å²) in [4.78, 5) is 1.25. The zero-order valence-corrected chi connectivity index (χ0v) is 14.2. The average molecular weight is 316 g/mol. The van der Waals surface area contributed by atoms with E-state index in [0.29, 0.717) is 0 Å². The van der Waals surface area contributed by atoms with Crippen molar-refractivity contribution in [2.45, 2.75) is 64.0 Å². The molecule has 4 heteroatoms. The van der Waals surface area contributed by atoms with Crippen molar-refractivity contribution in [1.29, 1.82) is 0 Å². The lowest BCUT2D eigenvalue weighted by Crippen LogP contribution is -2.47. The molecule has 1 heterocycles. The number of thiophene rings is 1. The van der Waals surface area contributed by atoms with Crippen molar-refractivity contribution in [1.82, 2.24) is 5.32 Å². The molecule has 0 amide bonds.